The minimum atomic E-state index is -0.244. The first-order chi connectivity index (χ1) is 31.0. The Hall–Kier alpha value is -7.95. The van der Waals surface area contributed by atoms with E-state index in [0.717, 1.165) is 33.9 Å². The van der Waals surface area contributed by atoms with Gasteiger partial charge >= 0.3 is 0 Å². The Morgan fingerprint density at radius 3 is 1.54 bits per heavy atom. The maximum atomic E-state index is 5.65. The molecule has 1 aliphatic carbocycles. The Labute approximate surface area is 365 Å². The van der Waals surface area contributed by atoms with E-state index in [2.05, 4.69) is 235 Å². The molecule has 9 aromatic carbocycles. The predicted octanol–water partition coefficient (Wildman–Crippen LogP) is 14.6. The highest BCUT2D eigenvalue weighted by Gasteiger charge is 2.44. The van der Waals surface area contributed by atoms with Crippen LogP contribution in [0.25, 0.3) is 93.2 Å². The normalized spacial score (nSPS) is 16.0. The number of nitrogens with one attached hydrogen (secondary N) is 1. The number of para-hydroxylation sites is 1. The molecular formula is C59H42N4. The zero-order valence-electron chi connectivity index (χ0n) is 35.0. The third kappa shape index (κ3) is 5.31. The van der Waals surface area contributed by atoms with Crippen LogP contribution >= 0.6 is 0 Å². The Balaban J connectivity index is 1.04. The van der Waals surface area contributed by atoms with Crippen LogP contribution in [0.3, 0.4) is 0 Å². The first kappa shape index (κ1) is 35.8. The molecule has 3 heterocycles. The van der Waals surface area contributed by atoms with Gasteiger partial charge in [-0.2, -0.15) is 0 Å². The molecule has 0 saturated heterocycles. The lowest BCUT2D eigenvalue weighted by Crippen LogP contribution is -2.42. The highest BCUT2D eigenvalue weighted by Crippen LogP contribution is 2.52. The topological polar surface area (TPSA) is 34.2 Å². The van der Waals surface area contributed by atoms with Crippen molar-refractivity contribution in [1.82, 2.24) is 14.5 Å². The van der Waals surface area contributed by atoms with Crippen LogP contribution in [0.1, 0.15) is 25.0 Å². The maximum Gasteiger partial charge on any atom is 0.209 e. The fraction of sp³-hybridized carbons (Fsp3) is 0.0678. The number of aliphatic imine (C=N–C) groups is 1. The lowest BCUT2D eigenvalue weighted by Gasteiger charge is -2.33. The number of allylic oxidation sites excluding steroid dienone is 1. The van der Waals surface area contributed by atoms with Gasteiger partial charge in [0.05, 0.1) is 33.8 Å². The van der Waals surface area contributed by atoms with Crippen molar-refractivity contribution in [1.29, 1.82) is 0 Å². The van der Waals surface area contributed by atoms with E-state index in [9.17, 15) is 0 Å². The number of rotatable bonds is 4. The summed E-state index contributed by atoms with van der Waals surface area (Å²) in [6.45, 7) is 4.69. The molecular weight excluding hydrogens is 765 g/mol. The van der Waals surface area contributed by atoms with Gasteiger partial charge in [-0.05, 0) is 97.9 Å². The van der Waals surface area contributed by atoms with Gasteiger partial charge in [0.15, 0.2) is 0 Å². The predicted molar refractivity (Wildman–Crippen MR) is 266 cm³/mol. The molecule has 0 bridgehead atoms. The summed E-state index contributed by atoms with van der Waals surface area (Å²) in [4.78, 5) is 5.65. The zero-order valence-corrected chi connectivity index (χ0v) is 35.0. The van der Waals surface area contributed by atoms with Gasteiger partial charge in [0.1, 0.15) is 0 Å². The number of hydrogen-bond donors (Lipinski definition) is 1. The fourth-order valence-electron chi connectivity index (χ4n) is 10.9. The Morgan fingerprint density at radius 1 is 0.444 bits per heavy atom. The van der Waals surface area contributed by atoms with Crippen LogP contribution < -0.4 is 5.32 Å². The molecule has 63 heavy (non-hydrogen) atoms. The average Bonchev–Trinajstić information content (AvgIpc) is 3.96. The second-order valence-electron chi connectivity index (χ2n) is 17.6. The number of aromatic nitrogens is 2. The molecule has 0 saturated carbocycles. The molecule has 0 radical (unpaired) electrons. The van der Waals surface area contributed by atoms with Gasteiger partial charge in [-0.3, -0.25) is 4.57 Å². The van der Waals surface area contributed by atoms with Gasteiger partial charge in [0, 0.05) is 38.2 Å². The molecule has 0 amide bonds. The summed E-state index contributed by atoms with van der Waals surface area (Å²) in [7, 11) is 0. The Bertz CT molecular complexity index is 3770. The fourth-order valence-corrected chi connectivity index (χ4v) is 10.9. The summed E-state index contributed by atoms with van der Waals surface area (Å²) < 4.78 is 4.78. The number of nitrogens with zero attached hydrogens (tertiary/aromatic N) is 3. The lowest BCUT2D eigenvalue weighted by atomic mass is 9.76. The molecule has 1 unspecified atom stereocenters. The summed E-state index contributed by atoms with van der Waals surface area (Å²) in [6, 6.07) is 72.9. The van der Waals surface area contributed by atoms with E-state index in [1.807, 2.05) is 0 Å². The van der Waals surface area contributed by atoms with E-state index in [1.165, 1.54) is 82.0 Å². The molecule has 4 nitrogen and oxygen atoms in total. The van der Waals surface area contributed by atoms with Crippen LogP contribution in [-0.2, 0) is 0 Å². The standard InChI is InChI=1S/C59H42N4/c1-59(2)48(39-18-6-3-7-19-39)36-49-56(59)57(40-20-8-4-9-21-40)61-58(60-49)63-51-31-29-42(35-47(51)55-45-25-15-13-17-38(45)27-33-53(55)63)41-28-30-50-46(34-41)54-44-24-14-12-16-37(44)26-32-52(54)62(50)43-22-10-5-11-23-43/h3-36,49H,1-2H3,(H,60,61). The molecule has 0 spiro atoms. The summed E-state index contributed by atoms with van der Waals surface area (Å²) in [6.07, 6.45) is 2.43. The molecule has 4 heteroatoms. The van der Waals surface area contributed by atoms with E-state index in [1.54, 1.807) is 0 Å². The second-order valence-corrected chi connectivity index (χ2v) is 17.6. The van der Waals surface area contributed by atoms with Crippen molar-refractivity contribution in [3.8, 4) is 16.8 Å². The SMILES string of the molecule is CC1(C)C(c2ccccc2)=CC2NC(n3c4ccc(-c5ccc6c(c5)c5c7ccccc7ccc5n6-c5ccccc5)cc4c4c5ccccc5ccc43)=NC(c3ccccc3)=C21. The molecule has 1 N–H and O–H groups in total. The maximum absolute atomic E-state index is 5.65. The zero-order chi connectivity index (χ0) is 41.8. The van der Waals surface area contributed by atoms with Gasteiger partial charge in [-0.25, -0.2) is 4.99 Å². The number of fused-ring (bicyclic) bond motifs is 11. The Morgan fingerprint density at radius 2 is 0.937 bits per heavy atom. The minimum absolute atomic E-state index is 0.0361. The van der Waals surface area contributed by atoms with Crippen molar-refractivity contribution < 1.29 is 0 Å². The quantitative estimate of drug-likeness (QED) is 0.189. The van der Waals surface area contributed by atoms with E-state index < -0.39 is 0 Å². The van der Waals surface area contributed by atoms with Crippen LogP contribution in [0.4, 0.5) is 0 Å². The monoisotopic (exact) mass is 806 g/mol. The van der Waals surface area contributed by atoms with Crippen LogP contribution in [0.5, 0.6) is 0 Å². The third-order valence-corrected chi connectivity index (χ3v) is 13.7. The average molecular weight is 807 g/mol. The third-order valence-electron chi connectivity index (χ3n) is 13.7. The Kier molecular flexibility index (Phi) is 7.68. The van der Waals surface area contributed by atoms with Crippen molar-refractivity contribution >= 4 is 82.4 Å². The van der Waals surface area contributed by atoms with Crippen molar-refractivity contribution in [2.45, 2.75) is 19.9 Å². The molecule has 2 aromatic heterocycles. The molecule has 1 aliphatic heterocycles. The second kappa shape index (κ2) is 13.5. The first-order valence-corrected chi connectivity index (χ1v) is 21.9. The molecule has 2 aliphatic rings. The van der Waals surface area contributed by atoms with E-state index in [4.69, 9.17) is 4.99 Å². The van der Waals surface area contributed by atoms with Crippen molar-refractivity contribution in [3.63, 3.8) is 0 Å². The molecule has 13 rings (SSSR count). The van der Waals surface area contributed by atoms with Crippen molar-refractivity contribution in [2.24, 2.45) is 10.4 Å². The van der Waals surface area contributed by atoms with E-state index in [0.29, 0.717) is 0 Å². The van der Waals surface area contributed by atoms with Gasteiger partial charge < -0.3 is 9.88 Å². The molecule has 11 aromatic rings. The van der Waals surface area contributed by atoms with Crippen LogP contribution in [0.15, 0.2) is 217 Å². The molecule has 1 atom stereocenters. The van der Waals surface area contributed by atoms with Crippen LogP contribution in [0, 0.1) is 5.41 Å². The van der Waals surface area contributed by atoms with Gasteiger partial charge in [-0.15, -0.1) is 0 Å². The van der Waals surface area contributed by atoms with Crippen LogP contribution in [0.2, 0.25) is 0 Å². The van der Waals surface area contributed by atoms with Gasteiger partial charge in [0.25, 0.3) is 0 Å². The smallest absolute Gasteiger partial charge is 0.209 e. The number of benzene rings is 9. The summed E-state index contributed by atoms with van der Waals surface area (Å²) >= 11 is 0. The van der Waals surface area contributed by atoms with Crippen molar-refractivity contribution in [2.75, 3.05) is 0 Å². The minimum Gasteiger partial charge on any atom is -0.345 e. The highest BCUT2D eigenvalue weighted by molar-refractivity contribution is 6.25. The van der Waals surface area contributed by atoms with Crippen LogP contribution in [-0.4, -0.2) is 21.1 Å². The molecule has 298 valence electrons. The molecule has 0 fully saturated rings. The summed E-state index contributed by atoms with van der Waals surface area (Å²) in [5.41, 5.74) is 13.9. The van der Waals surface area contributed by atoms with E-state index >= 15 is 0 Å². The van der Waals surface area contributed by atoms with Crippen molar-refractivity contribution in [3.05, 3.63) is 223 Å². The summed E-state index contributed by atoms with van der Waals surface area (Å²) in [5, 5.41) is 13.9. The largest absolute Gasteiger partial charge is 0.345 e. The van der Waals surface area contributed by atoms with E-state index in [-0.39, 0.29) is 11.5 Å². The number of hydrogen-bond acceptors (Lipinski definition) is 2. The van der Waals surface area contributed by atoms with Gasteiger partial charge in [0.2, 0.25) is 5.96 Å². The van der Waals surface area contributed by atoms with Gasteiger partial charge in [-0.1, -0.05) is 172 Å². The summed E-state index contributed by atoms with van der Waals surface area (Å²) in [5.74, 6) is 0.828. The first-order valence-electron chi connectivity index (χ1n) is 21.9. The lowest BCUT2D eigenvalue weighted by molar-refractivity contribution is 0.578. The highest BCUT2D eigenvalue weighted by atomic mass is 15.2.